The van der Waals surface area contributed by atoms with Gasteiger partial charge in [-0.05, 0) is 83.0 Å². The highest BCUT2D eigenvalue weighted by Crippen LogP contribution is 2.21. The predicted octanol–water partition coefficient (Wildman–Crippen LogP) is 6.02. The Kier molecular flexibility index (Phi) is 9.64. The van der Waals surface area contributed by atoms with E-state index < -0.39 is 6.04 Å². The average molecular weight is 617 g/mol. The lowest BCUT2D eigenvalue weighted by Crippen LogP contribution is -2.53. The van der Waals surface area contributed by atoms with E-state index in [1.54, 1.807) is 17.0 Å². The average Bonchev–Trinajstić information content (AvgIpc) is 3.40. The van der Waals surface area contributed by atoms with Gasteiger partial charge in [-0.3, -0.25) is 9.59 Å². The lowest BCUT2D eigenvalue weighted by Gasteiger charge is -2.32. The van der Waals surface area contributed by atoms with Crippen molar-refractivity contribution in [2.45, 2.75) is 50.7 Å². The summed E-state index contributed by atoms with van der Waals surface area (Å²) < 4.78 is 6.91. The van der Waals surface area contributed by atoms with Gasteiger partial charge in [0.1, 0.15) is 11.8 Å². The molecule has 1 atom stereocenters. The number of carbonyl (C=O) groups excluding carboxylic acids is 2. The molecule has 0 heterocycles. The second-order valence-electron chi connectivity index (χ2n) is 9.09. The standard InChI is InChI=1S/C29H30ClIN2O3/c30-23-12-10-22(11-13-23)19-33(28(34)20-36-26-16-14-24(31)15-17-26)27(18-21-6-2-1-3-7-21)29(35)32-25-8-4-5-9-25/h1-3,6-7,10-17,25,27H,4-5,8-9,18-20H2,(H,32,35). The van der Waals surface area contributed by atoms with Gasteiger partial charge in [0.25, 0.3) is 5.91 Å². The van der Waals surface area contributed by atoms with Gasteiger partial charge >= 0.3 is 0 Å². The molecular weight excluding hydrogens is 587 g/mol. The number of nitrogens with zero attached hydrogens (tertiary/aromatic N) is 1. The largest absolute Gasteiger partial charge is 0.484 e. The number of benzene rings is 3. The molecular formula is C29H30ClIN2O3. The van der Waals surface area contributed by atoms with Crippen LogP contribution in [0.4, 0.5) is 0 Å². The third kappa shape index (κ3) is 7.71. The summed E-state index contributed by atoms with van der Waals surface area (Å²) in [5.74, 6) is 0.249. The second-order valence-corrected chi connectivity index (χ2v) is 10.8. The van der Waals surface area contributed by atoms with Gasteiger partial charge in [0.15, 0.2) is 6.61 Å². The van der Waals surface area contributed by atoms with E-state index in [9.17, 15) is 9.59 Å². The summed E-state index contributed by atoms with van der Waals surface area (Å²) in [7, 11) is 0. The van der Waals surface area contributed by atoms with Gasteiger partial charge in [-0.1, -0.05) is 66.9 Å². The van der Waals surface area contributed by atoms with E-state index in [1.165, 1.54) is 0 Å². The van der Waals surface area contributed by atoms with E-state index in [2.05, 4.69) is 27.9 Å². The lowest BCUT2D eigenvalue weighted by molar-refractivity contribution is -0.143. The maximum Gasteiger partial charge on any atom is 0.261 e. The first-order valence-electron chi connectivity index (χ1n) is 12.2. The summed E-state index contributed by atoms with van der Waals surface area (Å²) in [5.41, 5.74) is 1.89. The van der Waals surface area contributed by atoms with Crippen molar-refractivity contribution in [2.75, 3.05) is 6.61 Å². The summed E-state index contributed by atoms with van der Waals surface area (Å²) in [6.07, 6.45) is 4.61. The van der Waals surface area contributed by atoms with Crippen molar-refractivity contribution in [1.29, 1.82) is 0 Å². The Bertz CT molecular complexity index is 1130. The maximum absolute atomic E-state index is 13.6. The molecule has 1 saturated carbocycles. The molecule has 5 nitrogen and oxygen atoms in total. The predicted molar refractivity (Wildman–Crippen MR) is 151 cm³/mol. The Hall–Kier alpha value is -2.58. The highest BCUT2D eigenvalue weighted by atomic mass is 127. The molecule has 1 unspecified atom stereocenters. The van der Waals surface area contributed by atoms with E-state index >= 15 is 0 Å². The summed E-state index contributed by atoms with van der Waals surface area (Å²) in [6, 6.07) is 24.2. The molecule has 0 radical (unpaired) electrons. The molecule has 1 aliphatic carbocycles. The van der Waals surface area contributed by atoms with Gasteiger partial charge in [-0.25, -0.2) is 0 Å². The third-order valence-electron chi connectivity index (χ3n) is 6.41. The molecule has 0 saturated heterocycles. The SMILES string of the molecule is O=C(NC1CCCC1)C(Cc1ccccc1)N(Cc1ccc(Cl)cc1)C(=O)COc1ccc(I)cc1. The van der Waals surface area contributed by atoms with Gasteiger partial charge in [-0.2, -0.15) is 0 Å². The van der Waals surface area contributed by atoms with E-state index in [-0.39, 0.29) is 31.0 Å². The molecule has 7 heteroatoms. The molecule has 1 N–H and O–H groups in total. The van der Waals surface area contributed by atoms with Crippen LogP contribution in [0.3, 0.4) is 0 Å². The van der Waals surface area contributed by atoms with Gasteiger partial charge < -0.3 is 15.0 Å². The van der Waals surface area contributed by atoms with Crippen LogP contribution in [0.15, 0.2) is 78.9 Å². The molecule has 188 valence electrons. The van der Waals surface area contributed by atoms with Crippen LogP contribution in [-0.2, 0) is 22.6 Å². The van der Waals surface area contributed by atoms with Crippen molar-refractivity contribution in [3.63, 3.8) is 0 Å². The van der Waals surface area contributed by atoms with E-state index in [4.69, 9.17) is 16.3 Å². The summed E-state index contributed by atoms with van der Waals surface area (Å²) in [5, 5.41) is 3.84. The van der Waals surface area contributed by atoms with Crippen molar-refractivity contribution in [1.82, 2.24) is 10.2 Å². The number of nitrogens with one attached hydrogen (secondary N) is 1. The van der Waals surface area contributed by atoms with Gasteiger partial charge in [0.05, 0.1) is 0 Å². The molecule has 4 rings (SSSR count). The molecule has 0 spiro atoms. The van der Waals surface area contributed by atoms with Crippen LogP contribution in [-0.4, -0.2) is 35.4 Å². The van der Waals surface area contributed by atoms with Crippen LogP contribution in [0.1, 0.15) is 36.8 Å². The minimum absolute atomic E-state index is 0.123. The van der Waals surface area contributed by atoms with Crippen molar-refractivity contribution >= 4 is 46.0 Å². The number of rotatable bonds is 10. The molecule has 0 aliphatic heterocycles. The zero-order chi connectivity index (χ0) is 25.3. The molecule has 2 amide bonds. The summed E-state index contributed by atoms with van der Waals surface area (Å²) >= 11 is 8.31. The minimum Gasteiger partial charge on any atom is -0.484 e. The topological polar surface area (TPSA) is 58.6 Å². The normalized spacial score (nSPS) is 14.3. The summed E-state index contributed by atoms with van der Waals surface area (Å²) in [6.45, 7) is 0.123. The number of hydrogen-bond donors (Lipinski definition) is 1. The molecule has 0 bridgehead atoms. The van der Waals surface area contributed by atoms with Crippen molar-refractivity contribution in [3.05, 3.63) is 98.6 Å². The fraction of sp³-hybridized carbons (Fsp3) is 0.310. The monoisotopic (exact) mass is 616 g/mol. The highest BCUT2D eigenvalue weighted by molar-refractivity contribution is 14.1. The number of carbonyl (C=O) groups is 2. The van der Waals surface area contributed by atoms with Crippen molar-refractivity contribution in [3.8, 4) is 5.75 Å². The number of hydrogen-bond acceptors (Lipinski definition) is 3. The van der Waals surface area contributed by atoms with Crippen LogP contribution < -0.4 is 10.1 Å². The molecule has 1 fully saturated rings. The Morgan fingerprint density at radius 1 is 0.944 bits per heavy atom. The Morgan fingerprint density at radius 3 is 2.28 bits per heavy atom. The van der Waals surface area contributed by atoms with E-state index in [0.29, 0.717) is 17.2 Å². The zero-order valence-electron chi connectivity index (χ0n) is 20.0. The smallest absolute Gasteiger partial charge is 0.261 e. The summed E-state index contributed by atoms with van der Waals surface area (Å²) in [4.78, 5) is 28.9. The van der Waals surface area contributed by atoms with Gasteiger partial charge in [0.2, 0.25) is 5.91 Å². The first-order chi connectivity index (χ1) is 17.5. The van der Waals surface area contributed by atoms with E-state index in [1.807, 2.05) is 66.7 Å². The highest BCUT2D eigenvalue weighted by Gasteiger charge is 2.32. The zero-order valence-corrected chi connectivity index (χ0v) is 23.0. The number of ether oxygens (including phenoxy) is 1. The Balaban J connectivity index is 1.59. The fourth-order valence-electron chi connectivity index (χ4n) is 4.47. The van der Waals surface area contributed by atoms with Crippen LogP contribution in [0.2, 0.25) is 5.02 Å². The van der Waals surface area contributed by atoms with Gasteiger partial charge in [-0.15, -0.1) is 0 Å². The Morgan fingerprint density at radius 2 is 1.61 bits per heavy atom. The first-order valence-corrected chi connectivity index (χ1v) is 13.7. The molecule has 0 aromatic heterocycles. The van der Waals surface area contributed by atoms with Crippen LogP contribution in [0, 0.1) is 3.57 Å². The number of amides is 2. The van der Waals surface area contributed by atoms with Crippen LogP contribution in [0.25, 0.3) is 0 Å². The fourth-order valence-corrected chi connectivity index (χ4v) is 4.95. The minimum atomic E-state index is -0.670. The van der Waals surface area contributed by atoms with E-state index in [0.717, 1.165) is 40.4 Å². The second kappa shape index (κ2) is 13.1. The molecule has 3 aromatic carbocycles. The molecule has 36 heavy (non-hydrogen) atoms. The van der Waals surface area contributed by atoms with Crippen molar-refractivity contribution < 1.29 is 14.3 Å². The first kappa shape index (κ1) is 26.5. The third-order valence-corrected chi connectivity index (χ3v) is 7.39. The van der Waals surface area contributed by atoms with Crippen molar-refractivity contribution in [2.24, 2.45) is 0 Å². The molecule has 1 aliphatic rings. The lowest BCUT2D eigenvalue weighted by atomic mass is 10.0. The molecule has 3 aromatic rings. The van der Waals surface area contributed by atoms with Crippen LogP contribution >= 0.6 is 34.2 Å². The maximum atomic E-state index is 13.6. The number of halogens is 2. The van der Waals surface area contributed by atoms with Gasteiger partial charge in [0, 0.05) is 27.6 Å². The van der Waals surface area contributed by atoms with Crippen LogP contribution in [0.5, 0.6) is 5.75 Å². The Labute approximate surface area is 231 Å². The quantitative estimate of drug-likeness (QED) is 0.284.